The number of ether oxygens (including phenoxy) is 1. The Morgan fingerprint density at radius 3 is 2.70 bits per heavy atom. The van der Waals surface area contributed by atoms with E-state index >= 15 is 0 Å². The van der Waals surface area contributed by atoms with Crippen LogP contribution in [-0.4, -0.2) is 46.7 Å². The molecule has 1 N–H and O–H groups in total. The fraction of sp³-hybridized carbons (Fsp3) is 0.421. The zero-order valence-electron chi connectivity index (χ0n) is 15.4. The molecule has 1 aliphatic rings. The molecule has 2 aromatic rings. The maximum Gasteiger partial charge on any atom is 0.313 e. The summed E-state index contributed by atoms with van der Waals surface area (Å²) >= 11 is 6.16. The van der Waals surface area contributed by atoms with Crippen LogP contribution in [0.15, 0.2) is 30.6 Å². The topological polar surface area (TPSA) is 76.5 Å². The van der Waals surface area contributed by atoms with Crippen molar-refractivity contribution in [3.63, 3.8) is 0 Å². The van der Waals surface area contributed by atoms with E-state index in [0.29, 0.717) is 35.3 Å². The summed E-state index contributed by atoms with van der Waals surface area (Å²) in [4.78, 5) is 26.6. The highest BCUT2D eigenvalue weighted by molar-refractivity contribution is 6.40. The van der Waals surface area contributed by atoms with Gasteiger partial charge in [0.1, 0.15) is 0 Å². The van der Waals surface area contributed by atoms with Crippen molar-refractivity contribution in [3.8, 4) is 0 Å². The van der Waals surface area contributed by atoms with E-state index in [1.54, 1.807) is 34.9 Å². The van der Waals surface area contributed by atoms with E-state index in [-0.39, 0.29) is 6.61 Å². The molecule has 1 aromatic heterocycles. The van der Waals surface area contributed by atoms with Crippen LogP contribution in [0.25, 0.3) is 0 Å². The molecule has 1 fully saturated rings. The van der Waals surface area contributed by atoms with Gasteiger partial charge in [0.25, 0.3) is 0 Å². The summed E-state index contributed by atoms with van der Waals surface area (Å²) in [6.45, 7) is 1.35. The summed E-state index contributed by atoms with van der Waals surface area (Å²) in [7, 11) is 3.44. The molecule has 27 heavy (non-hydrogen) atoms. The first-order valence-corrected chi connectivity index (χ1v) is 9.22. The molecule has 0 unspecified atom stereocenters. The van der Waals surface area contributed by atoms with Crippen LogP contribution in [0.3, 0.4) is 0 Å². The Balaban J connectivity index is 1.60. The Morgan fingerprint density at radius 2 is 2.07 bits per heavy atom. The minimum absolute atomic E-state index is 0.250. The van der Waals surface area contributed by atoms with Gasteiger partial charge in [0, 0.05) is 49.7 Å². The summed E-state index contributed by atoms with van der Waals surface area (Å²) in [5.74, 6) is -0.815. The van der Waals surface area contributed by atoms with Crippen LogP contribution >= 0.6 is 11.6 Å². The summed E-state index contributed by atoms with van der Waals surface area (Å²) in [5.41, 5.74) is 2.32. The number of nitrogens with zero attached hydrogens (tertiary/aromatic N) is 3. The van der Waals surface area contributed by atoms with Crippen molar-refractivity contribution in [3.05, 3.63) is 46.7 Å². The number of piperidine rings is 1. The van der Waals surface area contributed by atoms with E-state index < -0.39 is 11.8 Å². The minimum Gasteiger partial charge on any atom is -0.380 e. The number of aromatic nitrogens is 2. The normalized spacial score (nSPS) is 15.0. The SMILES string of the molecule is COCc1c(Cl)cccc1NC(=O)C(=O)N1CCC(c2cnn(C)c2)CC1. The zero-order chi connectivity index (χ0) is 19.4. The summed E-state index contributed by atoms with van der Waals surface area (Å²) in [6, 6.07) is 5.15. The minimum atomic E-state index is -0.658. The number of benzene rings is 1. The number of rotatable bonds is 4. The van der Waals surface area contributed by atoms with Crippen molar-refractivity contribution in [2.24, 2.45) is 7.05 Å². The fourth-order valence-electron chi connectivity index (χ4n) is 3.35. The Kier molecular flexibility index (Phi) is 6.13. The molecule has 8 heteroatoms. The number of hydrogen-bond donors (Lipinski definition) is 1. The Labute approximate surface area is 163 Å². The molecule has 2 amide bonds. The van der Waals surface area contributed by atoms with E-state index in [1.807, 2.05) is 19.4 Å². The maximum absolute atomic E-state index is 12.5. The molecular weight excluding hydrogens is 368 g/mol. The highest BCUT2D eigenvalue weighted by atomic mass is 35.5. The monoisotopic (exact) mass is 390 g/mol. The van der Waals surface area contributed by atoms with Gasteiger partial charge in [-0.15, -0.1) is 0 Å². The van der Waals surface area contributed by atoms with Gasteiger partial charge in [-0.05, 0) is 36.5 Å². The molecule has 1 aliphatic heterocycles. The number of likely N-dealkylation sites (tertiary alicyclic amines) is 1. The summed E-state index contributed by atoms with van der Waals surface area (Å²) in [5, 5.41) is 7.36. The van der Waals surface area contributed by atoms with Gasteiger partial charge in [-0.25, -0.2) is 0 Å². The van der Waals surface area contributed by atoms with Gasteiger partial charge in [0.05, 0.1) is 12.8 Å². The van der Waals surface area contributed by atoms with Gasteiger partial charge >= 0.3 is 11.8 Å². The number of halogens is 1. The average molecular weight is 391 g/mol. The highest BCUT2D eigenvalue weighted by Gasteiger charge is 2.28. The van der Waals surface area contributed by atoms with Crippen LogP contribution in [-0.2, 0) is 28.0 Å². The van der Waals surface area contributed by atoms with Crippen molar-refractivity contribution in [2.75, 3.05) is 25.5 Å². The number of carbonyl (C=O) groups excluding carboxylic acids is 2. The molecule has 3 rings (SSSR count). The first kappa shape index (κ1) is 19.4. The van der Waals surface area contributed by atoms with E-state index in [2.05, 4.69) is 10.4 Å². The van der Waals surface area contributed by atoms with Crippen LogP contribution < -0.4 is 5.32 Å². The van der Waals surface area contributed by atoms with Gasteiger partial charge in [-0.1, -0.05) is 17.7 Å². The van der Waals surface area contributed by atoms with E-state index in [1.165, 1.54) is 5.56 Å². The number of nitrogens with one attached hydrogen (secondary N) is 1. The second-order valence-electron chi connectivity index (χ2n) is 6.67. The standard InChI is InChI=1S/C19H23ClN4O3/c1-23-11-14(10-21-23)13-6-8-24(9-7-13)19(26)18(25)22-17-5-3-4-16(20)15(17)12-27-2/h3-5,10-11,13H,6-9,12H2,1-2H3,(H,22,25). The predicted octanol–water partition coefficient (Wildman–Crippen LogP) is 2.56. The van der Waals surface area contributed by atoms with Gasteiger partial charge in [-0.3, -0.25) is 14.3 Å². The number of amides is 2. The molecule has 1 saturated heterocycles. The highest BCUT2D eigenvalue weighted by Crippen LogP contribution is 2.28. The molecule has 0 radical (unpaired) electrons. The molecule has 0 atom stereocenters. The van der Waals surface area contributed by atoms with Crippen LogP contribution in [0.4, 0.5) is 5.69 Å². The lowest BCUT2D eigenvalue weighted by Gasteiger charge is -2.31. The Morgan fingerprint density at radius 1 is 1.33 bits per heavy atom. The zero-order valence-corrected chi connectivity index (χ0v) is 16.2. The summed E-state index contributed by atoms with van der Waals surface area (Å²) < 4.78 is 6.91. The molecule has 0 bridgehead atoms. The molecule has 0 aliphatic carbocycles. The third-order valence-electron chi connectivity index (χ3n) is 4.83. The predicted molar refractivity (Wildman–Crippen MR) is 103 cm³/mol. The van der Waals surface area contributed by atoms with Crippen LogP contribution in [0.2, 0.25) is 5.02 Å². The van der Waals surface area contributed by atoms with Crippen LogP contribution in [0.1, 0.15) is 29.9 Å². The van der Waals surface area contributed by atoms with Crippen molar-refractivity contribution in [2.45, 2.75) is 25.4 Å². The molecule has 144 valence electrons. The van der Waals surface area contributed by atoms with Gasteiger partial charge in [0.2, 0.25) is 0 Å². The third kappa shape index (κ3) is 4.48. The average Bonchev–Trinajstić information content (AvgIpc) is 3.10. The van der Waals surface area contributed by atoms with E-state index in [9.17, 15) is 9.59 Å². The number of anilines is 1. The quantitative estimate of drug-likeness (QED) is 0.814. The molecular formula is C19H23ClN4O3. The lowest BCUT2D eigenvalue weighted by atomic mass is 9.91. The second-order valence-corrected chi connectivity index (χ2v) is 7.07. The largest absolute Gasteiger partial charge is 0.380 e. The molecule has 0 saturated carbocycles. The number of methoxy groups -OCH3 is 1. The smallest absolute Gasteiger partial charge is 0.313 e. The number of hydrogen-bond acceptors (Lipinski definition) is 4. The van der Waals surface area contributed by atoms with Crippen LogP contribution in [0.5, 0.6) is 0 Å². The molecule has 2 heterocycles. The van der Waals surface area contributed by atoms with Crippen molar-refractivity contribution in [1.82, 2.24) is 14.7 Å². The maximum atomic E-state index is 12.5. The van der Waals surface area contributed by atoms with E-state index in [4.69, 9.17) is 16.3 Å². The number of carbonyl (C=O) groups is 2. The lowest BCUT2D eigenvalue weighted by molar-refractivity contribution is -0.143. The molecule has 0 spiro atoms. The summed E-state index contributed by atoms with van der Waals surface area (Å²) in [6.07, 6.45) is 5.50. The Bertz CT molecular complexity index is 828. The van der Waals surface area contributed by atoms with Gasteiger partial charge in [-0.2, -0.15) is 5.10 Å². The van der Waals surface area contributed by atoms with Gasteiger partial charge < -0.3 is 15.0 Å². The first-order valence-electron chi connectivity index (χ1n) is 8.84. The van der Waals surface area contributed by atoms with Crippen molar-refractivity contribution in [1.29, 1.82) is 0 Å². The Hall–Kier alpha value is -2.38. The third-order valence-corrected chi connectivity index (χ3v) is 5.18. The fourth-order valence-corrected chi connectivity index (χ4v) is 3.58. The van der Waals surface area contributed by atoms with Crippen molar-refractivity contribution < 1.29 is 14.3 Å². The molecule has 1 aromatic carbocycles. The van der Waals surface area contributed by atoms with Crippen LogP contribution in [0, 0.1) is 0 Å². The first-order chi connectivity index (χ1) is 13.0. The molecule has 7 nitrogen and oxygen atoms in total. The lowest BCUT2D eigenvalue weighted by Crippen LogP contribution is -2.43. The number of aryl methyl sites for hydroxylation is 1. The van der Waals surface area contributed by atoms with E-state index in [0.717, 1.165) is 12.8 Å². The van der Waals surface area contributed by atoms with Crippen molar-refractivity contribution >= 4 is 29.1 Å². The van der Waals surface area contributed by atoms with Gasteiger partial charge in [0.15, 0.2) is 0 Å². The second kappa shape index (κ2) is 8.54.